The minimum absolute atomic E-state index is 0.0596. The zero-order valence-corrected chi connectivity index (χ0v) is 6.37. The van der Waals surface area contributed by atoms with Crippen LogP contribution in [0.25, 0.3) is 10.9 Å². The number of H-pyrrole nitrogens is 2. The summed E-state index contributed by atoms with van der Waals surface area (Å²) in [6.07, 6.45) is 0. The molecule has 0 unspecified atom stereocenters. The molecule has 0 aliphatic carbocycles. The Kier molecular flexibility index (Phi) is 2.62. The van der Waals surface area contributed by atoms with E-state index in [1.54, 1.807) is 6.07 Å². The fourth-order valence-electron chi connectivity index (χ4n) is 0.982. The Bertz CT molecular complexity index is 403. The number of fused-ring (bicyclic) bond motifs is 1. The average molecular weight is 166 g/mol. The van der Waals surface area contributed by atoms with Gasteiger partial charge in [-0.25, -0.2) is 0 Å². The molecule has 2 rings (SSSR count). The van der Waals surface area contributed by atoms with Crippen LogP contribution in [0.3, 0.4) is 0 Å². The largest absolute Gasteiger partial charge is 0.298 e. The molecule has 12 heavy (non-hydrogen) atoms. The lowest BCUT2D eigenvalue weighted by Crippen LogP contribution is -2.02. The van der Waals surface area contributed by atoms with Crippen molar-refractivity contribution in [3.8, 4) is 0 Å². The van der Waals surface area contributed by atoms with E-state index in [9.17, 15) is 4.79 Å². The fourth-order valence-corrected chi connectivity index (χ4v) is 0.982. The van der Waals surface area contributed by atoms with Crippen LogP contribution in [-0.2, 0) is 0 Å². The van der Waals surface area contributed by atoms with Gasteiger partial charge in [0.2, 0.25) is 0 Å². The number of nitrogens with one attached hydrogen (secondary N) is 2. The Hall–Kier alpha value is -1.59. The zero-order chi connectivity index (χ0) is 8.97. The lowest BCUT2D eigenvalue weighted by molar-refractivity contribution is 1.08. The summed E-state index contributed by atoms with van der Waals surface area (Å²) in [5.41, 5.74) is 0.795. The van der Waals surface area contributed by atoms with E-state index < -0.39 is 0 Å². The van der Waals surface area contributed by atoms with Crippen molar-refractivity contribution in [3.63, 3.8) is 0 Å². The first kappa shape index (κ1) is 8.51. The second-order valence-corrected chi connectivity index (χ2v) is 2.12. The van der Waals surface area contributed by atoms with Crippen molar-refractivity contribution in [1.29, 1.82) is 0 Å². The summed E-state index contributed by atoms with van der Waals surface area (Å²) in [4.78, 5) is 10.9. The quantitative estimate of drug-likeness (QED) is 0.318. The molecule has 5 nitrogen and oxygen atoms in total. The molecule has 0 atom stereocenters. The first-order valence-electron chi connectivity index (χ1n) is 3.36. The number of benzene rings is 1. The minimum atomic E-state index is -0.0596. The molecule has 0 amide bonds. The predicted molar refractivity (Wildman–Crippen MR) is 47.3 cm³/mol. The molecule has 2 aromatic rings. The molecule has 0 saturated heterocycles. The van der Waals surface area contributed by atoms with Gasteiger partial charge in [-0.15, -0.1) is 0 Å². The molecule has 6 N–H and O–H groups in total. The maximum absolute atomic E-state index is 10.9. The van der Waals surface area contributed by atoms with Crippen molar-refractivity contribution in [2.75, 3.05) is 0 Å². The normalized spacial score (nSPS) is 9.17. The van der Waals surface area contributed by atoms with E-state index in [0.717, 1.165) is 5.52 Å². The highest BCUT2D eigenvalue weighted by Gasteiger charge is 1.95. The molecule has 0 radical (unpaired) electrons. The monoisotopic (exact) mass is 166 g/mol. The smallest absolute Gasteiger partial charge is 0.271 e. The summed E-state index contributed by atoms with van der Waals surface area (Å²) in [5, 5.41) is 5.96. The average Bonchev–Trinajstić information content (AvgIpc) is 2.53. The second-order valence-electron chi connectivity index (χ2n) is 2.12. The number of hydrogen-bond acceptors (Lipinski definition) is 3. The van der Waals surface area contributed by atoms with Gasteiger partial charge in [-0.05, 0) is 12.1 Å². The molecule has 0 saturated carbocycles. The van der Waals surface area contributed by atoms with Crippen molar-refractivity contribution < 1.29 is 0 Å². The number of nitrogens with two attached hydrogens (primary N) is 2. The highest BCUT2D eigenvalue weighted by atomic mass is 16.1. The summed E-state index contributed by atoms with van der Waals surface area (Å²) in [6.45, 7) is 0. The standard InChI is InChI=1S/C7H6N2O.H4N2/c10-7-5-3-1-2-4-6(5)8-9-7;1-2/h1-4H,(H2,8,9,10);1-2H2. The van der Waals surface area contributed by atoms with E-state index >= 15 is 0 Å². The summed E-state index contributed by atoms with van der Waals surface area (Å²) in [5.74, 6) is 8.00. The molecular formula is C7H10N4O. The number of aromatic nitrogens is 2. The van der Waals surface area contributed by atoms with E-state index in [0.29, 0.717) is 5.39 Å². The highest BCUT2D eigenvalue weighted by molar-refractivity contribution is 5.77. The van der Waals surface area contributed by atoms with Gasteiger partial charge in [0, 0.05) is 0 Å². The van der Waals surface area contributed by atoms with Gasteiger partial charge < -0.3 is 0 Å². The summed E-state index contributed by atoms with van der Waals surface area (Å²) < 4.78 is 0. The van der Waals surface area contributed by atoms with Crippen molar-refractivity contribution in [3.05, 3.63) is 34.6 Å². The van der Waals surface area contributed by atoms with Crippen LogP contribution in [0.1, 0.15) is 0 Å². The molecule has 1 aromatic heterocycles. The van der Waals surface area contributed by atoms with Gasteiger partial charge in [0.05, 0.1) is 10.9 Å². The van der Waals surface area contributed by atoms with Crippen molar-refractivity contribution in [2.24, 2.45) is 11.7 Å². The molecule has 0 aliphatic rings. The number of rotatable bonds is 0. The van der Waals surface area contributed by atoms with Crippen LogP contribution in [0, 0.1) is 0 Å². The minimum Gasteiger partial charge on any atom is -0.298 e. The Labute approximate surface area is 68.3 Å². The maximum Gasteiger partial charge on any atom is 0.271 e. The maximum atomic E-state index is 10.9. The first-order valence-corrected chi connectivity index (χ1v) is 3.36. The Morgan fingerprint density at radius 1 is 1.08 bits per heavy atom. The van der Waals surface area contributed by atoms with Gasteiger partial charge in [-0.2, -0.15) is 0 Å². The second kappa shape index (κ2) is 3.70. The Balaban J connectivity index is 0.000000336. The third-order valence-corrected chi connectivity index (χ3v) is 1.48. The number of hydrogen-bond donors (Lipinski definition) is 4. The van der Waals surface area contributed by atoms with Gasteiger partial charge in [-0.1, -0.05) is 12.1 Å². The zero-order valence-electron chi connectivity index (χ0n) is 6.37. The van der Waals surface area contributed by atoms with Gasteiger partial charge in [0.25, 0.3) is 5.56 Å². The van der Waals surface area contributed by atoms with Crippen molar-refractivity contribution in [2.45, 2.75) is 0 Å². The van der Waals surface area contributed by atoms with Crippen molar-refractivity contribution in [1.82, 2.24) is 10.2 Å². The van der Waals surface area contributed by atoms with E-state index in [4.69, 9.17) is 0 Å². The van der Waals surface area contributed by atoms with Gasteiger partial charge in [-0.3, -0.25) is 26.7 Å². The van der Waals surface area contributed by atoms with Crippen LogP contribution in [0.2, 0.25) is 0 Å². The molecule has 1 heterocycles. The molecular weight excluding hydrogens is 156 g/mol. The first-order chi connectivity index (χ1) is 5.88. The topological polar surface area (TPSA) is 101 Å². The lowest BCUT2D eigenvalue weighted by Gasteiger charge is -1.80. The summed E-state index contributed by atoms with van der Waals surface area (Å²) >= 11 is 0. The molecule has 0 aliphatic heterocycles. The molecule has 0 fully saturated rings. The third-order valence-electron chi connectivity index (χ3n) is 1.48. The van der Waals surface area contributed by atoms with Crippen LogP contribution in [0.4, 0.5) is 0 Å². The van der Waals surface area contributed by atoms with E-state index in [2.05, 4.69) is 21.9 Å². The van der Waals surface area contributed by atoms with E-state index in [1.807, 2.05) is 18.2 Å². The molecule has 0 spiro atoms. The van der Waals surface area contributed by atoms with E-state index in [-0.39, 0.29) is 5.56 Å². The van der Waals surface area contributed by atoms with Crippen LogP contribution < -0.4 is 17.2 Å². The van der Waals surface area contributed by atoms with E-state index in [1.165, 1.54) is 0 Å². The highest BCUT2D eigenvalue weighted by Crippen LogP contribution is 2.02. The lowest BCUT2D eigenvalue weighted by atomic mass is 10.3. The van der Waals surface area contributed by atoms with Crippen LogP contribution in [0.15, 0.2) is 29.1 Å². The SMILES string of the molecule is NN.O=c1[nH][nH]c2ccccc12. The summed E-state index contributed by atoms with van der Waals surface area (Å²) in [7, 11) is 0. The number of aromatic amines is 2. The molecule has 5 heteroatoms. The number of para-hydroxylation sites is 1. The van der Waals surface area contributed by atoms with Crippen molar-refractivity contribution >= 4 is 10.9 Å². The fraction of sp³-hybridized carbons (Fsp3) is 0. The van der Waals surface area contributed by atoms with Gasteiger partial charge in [0.1, 0.15) is 0 Å². The molecule has 1 aromatic carbocycles. The van der Waals surface area contributed by atoms with Gasteiger partial charge in [0.15, 0.2) is 0 Å². The summed E-state index contributed by atoms with van der Waals surface area (Å²) in [6, 6.07) is 7.36. The molecule has 64 valence electrons. The van der Waals surface area contributed by atoms with Crippen LogP contribution in [-0.4, -0.2) is 10.2 Å². The third kappa shape index (κ3) is 1.36. The number of hydrazine groups is 1. The Morgan fingerprint density at radius 2 is 1.75 bits per heavy atom. The molecule has 0 bridgehead atoms. The predicted octanol–water partition coefficient (Wildman–Crippen LogP) is -0.325. The van der Waals surface area contributed by atoms with Crippen LogP contribution in [0.5, 0.6) is 0 Å². The van der Waals surface area contributed by atoms with Gasteiger partial charge >= 0.3 is 0 Å². The van der Waals surface area contributed by atoms with Crippen LogP contribution >= 0.6 is 0 Å². The Morgan fingerprint density at radius 3 is 2.42 bits per heavy atom.